The first-order chi connectivity index (χ1) is 5.95. The normalized spacial score (nSPS) is 11.8. The zero-order valence-electron chi connectivity index (χ0n) is 9.31. The summed E-state index contributed by atoms with van der Waals surface area (Å²) in [5.74, 6) is 0. The topological polar surface area (TPSA) is 12.9 Å². The molecular formula is C12H19N. The van der Waals surface area contributed by atoms with E-state index in [1.54, 1.807) is 0 Å². The smallest absolute Gasteiger partial charge is 0.0460 e. The van der Waals surface area contributed by atoms with Crippen LogP contribution >= 0.6 is 0 Å². The van der Waals surface area contributed by atoms with Gasteiger partial charge < -0.3 is 0 Å². The molecule has 0 aliphatic rings. The SMILES string of the molecule is CCc1ccc(C(C)(C)C)nc1C. The van der Waals surface area contributed by atoms with Crippen molar-refractivity contribution in [3.05, 3.63) is 29.1 Å². The van der Waals surface area contributed by atoms with Crippen LogP contribution in [-0.2, 0) is 11.8 Å². The molecule has 0 aliphatic heterocycles. The molecule has 0 bridgehead atoms. The van der Waals surface area contributed by atoms with Crippen LogP contribution in [0.3, 0.4) is 0 Å². The van der Waals surface area contributed by atoms with Crippen LogP contribution in [0.25, 0.3) is 0 Å². The highest BCUT2D eigenvalue weighted by atomic mass is 14.7. The van der Waals surface area contributed by atoms with Crippen LogP contribution < -0.4 is 0 Å². The first-order valence-electron chi connectivity index (χ1n) is 4.92. The monoisotopic (exact) mass is 177 g/mol. The minimum absolute atomic E-state index is 0.164. The lowest BCUT2D eigenvalue weighted by Gasteiger charge is -2.18. The molecule has 72 valence electrons. The Balaban J connectivity index is 3.10. The highest BCUT2D eigenvalue weighted by Gasteiger charge is 2.15. The van der Waals surface area contributed by atoms with Crippen molar-refractivity contribution in [2.24, 2.45) is 0 Å². The Labute approximate surface area is 81.2 Å². The molecule has 13 heavy (non-hydrogen) atoms. The summed E-state index contributed by atoms with van der Waals surface area (Å²) < 4.78 is 0. The average Bonchev–Trinajstić information content (AvgIpc) is 2.02. The summed E-state index contributed by atoms with van der Waals surface area (Å²) in [5.41, 5.74) is 3.88. The van der Waals surface area contributed by atoms with E-state index >= 15 is 0 Å². The Bertz CT molecular complexity index is 294. The maximum absolute atomic E-state index is 4.62. The first kappa shape index (κ1) is 10.2. The summed E-state index contributed by atoms with van der Waals surface area (Å²) in [7, 11) is 0. The third-order valence-corrected chi connectivity index (χ3v) is 2.34. The molecule has 0 N–H and O–H groups in total. The van der Waals surface area contributed by atoms with Gasteiger partial charge in [0, 0.05) is 16.8 Å². The molecule has 1 heteroatoms. The fourth-order valence-corrected chi connectivity index (χ4v) is 1.38. The Morgan fingerprint density at radius 3 is 2.23 bits per heavy atom. The van der Waals surface area contributed by atoms with Gasteiger partial charge >= 0.3 is 0 Å². The largest absolute Gasteiger partial charge is 0.257 e. The number of rotatable bonds is 1. The second-order valence-corrected chi connectivity index (χ2v) is 4.54. The van der Waals surface area contributed by atoms with Gasteiger partial charge in [0.1, 0.15) is 0 Å². The highest BCUT2D eigenvalue weighted by Crippen LogP contribution is 2.21. The second-order valence-electron chi connectivity index (χ2n) is 4.54. The van der Waals surface area contributed by atoms with Gasteiger partial charge in [-0.05, 0) is 25.0 Å². The maximum atomic E-state index is 4.62. The zero-order chi connectivity index (χ0) is 10.1. The van der Waals surface area contributed by atoms with Gasteiger partial charge in [0.2, 0.25) is 0 Å². The van der Waals surface area contributed by atoms with E-state index in [4.69, 9.17) is 0 Å². The van der Waals surface area contributed by atoms with Crippen molar-refractivity contribution in [3.8, 4) is 0 Å². The molecule has 0 fully saturated rings. The maximum Gasteiger partial charge on any atom is 0.0460 e. The van der Waals surface area contributed by atoms with Crippen LogP contribution in [0.2, 0.25) is 0 Å². The molecule has 0 aromatic carbocycles. The fourth-order valence-electron chi connectivity index (χ4n) is 1.38. The van der Waals surface area contributed by atoms with Gasteiger partial charge in [-0.15, -0.1) is 0 Å². The summed E-state index contributed by atoms with van der Waals surface area (Å²) in [4.78, 5) is 4.62. The predicted molar refractivity (Wildman–Crippen MR) is 57.1 cm³/mol. The van der Waals surface area contributed by atoms with E-state index in [9.17, 15) is 0 Å². The van der Waals surface area contributed by atoms with Gasteiger partial charge in [0.05, 0.1) is 0 Å². The van der Waals surface area contributed by atoms with Gasteiger partial charge in [-0.1, -0.05) is 33.8 Å². The summed E-state index contributed by atoms with van der Waals surface area (Å²) in [6.45, 7) is 10.8. The molecule has 1 heterocycles. The van der Waals surface area contributed by atoms with Gasteiger partial charge in [-0.2, -0.15) is 0 Å². The van der Waals surface area contributed by atoms with Crippen molar-refractivity contribution in [2.45, 2.75) is 46.5 Å². The standard InChI is InChI=1S/C12H19N/c1-6-10-7-8-11(12(3,4)5)13-9(10)2/h7-8H,6H2,1-5H3. The molecule has 0 saturated carbocycles. The molecule has 1 rings (SSSR count). The van der Waals surface area contributed by atoms with Crippen molar-refractivity contribution in [1.29, 1.82) is 0 Å². The number of nitrogens with zero attached hydrogens (tertiary/aromatic N) is 1. The van der Waals surface area contributed by atoms with E-state index in [0.29, 0.717) is 0 Å². The Morgan fingerprint density at radius 1 is 1.23 bits per heavy atom. The van der Waals surface area contributed by atoms with Gasteiger partial charge in [-0.3, -0.25) is 4.98 Å². The van der Waals surface area contributed by atoms with E-state index in [1.807, 2.05) is 0 Å². The first-order valence-corrected chi connectivity index (χ1v) is 4.92. The number of aromatic nitrogens is 1. The van der Waals surface area contributed by atoms with E-state index in [-0.39, 0.29) is 5.41 Å². The Morgan fingerprint density at radius 2 is 1.85 bits per heavy atom. The lowest BCUT2D eigenvalue weighted by molar-refractivity contribution is 0.566. The van der Waals surface area contributed by atoms with Crippen molar-refractivity contribution in [1.82, 2.24) is 4.98 Å². The van der Waals surface area contributed by atoms with Crippen LogP contribution in [-0.4, -0.2) is 4.98 Å². The molecular weight excluding hydrogens is 158 g/mol. The Hall–Kier alpha value is -0.850. The lowest BCUT2D eigenvalue weighted by atomic mass is 9.91. The van der Waals surface area contributed by atoms with E-state index in [2.05, 4.69) is 51.7 Å². The van der Waals surface area contributed by atoms with Crippen molar-refractivity contribution >= 4 is 0 Å². The molecule has 0 atom stereocenters. The molecule has 1 aromatic rings. The van der Waals surface area contributed by atoms with Crippen LogP contribution in [0, 0.1) is 6.92 Å². The summed E-state index contributed by atoms with van der Waals surface area (Å²) >= 11 is 0. The second kappa shape index (κ2) is 3.49. The number of hydrogen-bond donors (Lipinski definition) is 0. The minimum Gasteiger partial charge on any atom is -0.257 e. The molecule has 1 nitrogen and oxygen atoms in total. The van der Waals surface area contributed by atoms with Crippen LogP contribution in [0.1, 0.15) is 44.6 Å². The fraction of sp³-hybridized carbons (Fsp3) is 0.583. The van der Waals surface area contributed by atoms with Crippen molar-refractivity contribution < 1.29 is 0 Å². The highest BCUT2D eigenvalue weighted by molar-refractivity contribution is 5.25. The van der Waals surface area contributed by atoms with E-state index in [0.717, 1.165) is 6.42 Å². The summed E-state index contributed by atoms with van der Waals surface area (Å²) in [6.07, 6.45) is 1.07. The Kier molecular flexibility index (Phi) is 2.74. The van der Waals surface area contributed by atoms with Crippen molar-refractivity contribution in [3.63, 3.8) is 0 Å². The molecule has 0 aliphatic carbocycles. The van der Waals surface area contributed by atoms with Crippen LogP contribution in [0.15, 0.2) is 12.1 Å². The van der Waals surface area contributed by atoms with Gasteiger partial charge in [-0.25, -0.2) is 0 Å². The van der Waals surface area contributed by atoms with E-state index < -0.39 is 0 Å². The quantitative estimate of drug-likeness (QED) is 0.641. The van der Waals surface area contributed by atoms with E-state index in [1.165, 1.54) is 17.0 Å². The number of aryl methyl sites for hydroxylation is 2. The van der Waals surface area contributed by atoms with Crippen molar-refractivity contribution in [2.75, 3.05) is 0 Å². The predicted octanol–water partition coefficient (Wildman–Crippen LogP) is 3.25. The lowest BCUT2D eigenvalue weighted by Crippen LogP contribution is -2.14. The third-order valence-electron chi connectivity index (χ3n) is 2.34. The third kappa shape index (κ3) is 2.30. The molecule has 0 saturated heterocycles. The summed E-state index contributed by atoms with van der Waals surface area (Å²) in [5, 5.41) is 0. The molecule has 0 radical (unpaired) electrons. The molecule has 0 amide bonds. The number of hydrogen-bond acceptors (Lipinski definition) is 1. The average molecular weight is 177 g/mol. The molecule has 0 spiro atoms. The van der Waals surface area contributed by atoms with Crippen LogP contribution in [0.4, 0.5) is 0 Å². The molecule has 1 aromatic heterocycles. The van der Waals surface area contributed by atoms with Gasteiger partial charge in [0.25, 0.3) is 0 Å². The number of pyridine rings is 1. The van der Waals surface area contributed by atoms with Gasteiger partial charge in [0.15, 0.2) is 0 Å². The zero-order valence-corrected chi connectivity index (χ0v) is 9.31. The molecule has 0 unspecified atom stereocenters. The summed E-state index contributed by atoms with van der Waals surface area (Å²) in [6, 6.07) is 4.34. The minimum atomic E-state index is 0.164. The van der Waals surface area contributed by atoms with Crippen LogP contribution in [0.5, 0.6) is 0 Å².